The van der Waals surface area contributed by atoms with E-state index < -0.39 is 33.4 Å². The molecule has 6 nitrogen and oxygen atoms in total. The Bertz CT molecular complexity index is 454. The summed E-state index contributed by atoms with van der Waals surface area (Å²) in [5.41, 5.74) is 0. The summed E-state index contributed by atoms with van der Waals surface area (Å²) in [5, 5.41) is 9.02. The van der Waals surface area contributed by atoms with Crippen LogP contribution in [0.15, 0.2) is 4.36 Å². The Morgan fingerprint density at radius 1 is 1.17 bits per heavy atom. The number of rotatable bonds is 2. The van der Waals surface area contributed by atoms with Gasteiger partial charge in [-0.25, -0.2) is 4.21 Å². The molecule has 2 rings (SSSR count). The van der Waals surface area contributed by atoms with Gasteiger partial charge in [0.15, 0.2) is 0 Å². The van der Waals surface area contributed by atoms with E-state index in [1.54, 1.807) is 0 Å². The number of carbonyl (C=O) groups is 2. The highest BCUT2D eigenvalue weighted by Gasteiger charge is 2.38. The van der Waals surface area contributed by atoms with Crippen LogP contribution in [-0.4, -0.2) is 45.9 Å². The van der Waals surface area contributed by atoms with Gasteiger partial charge in [0, 0.05) is 0 Å². The normalized spacial score (nSPS) is 30.9. The predicted molar refractivity (Wildman–Crippen MR) is 64.6 cm³/mol. The van der Waals surface area contributed by atoms with Crippen molar-refractivity contribution in [2.24, 2.45) is 16.2 Å². The van der Waals surface area contributed by atoms with Gasteiger partial charge in [0.25, 0.3) is 5.91 Å². The Kier molecular flexibility index (Phi) is 4.01. The standard InChI is InChI=1S/C11H17NO5S/c13-10(8-2-1-3-9(8)11(14)15)12-18(16)6-4-17-5-7-18/h8-9H,1-7H2,(H,14,15). The summed E-state index contributed by atoms with van der Waals surface area (Å²) in [7, 11) is -2.52. The lowest BCUT2D eigenvalue weighted by atomic mass is 9.96. The maximum Gasteiger partial charge on any atom is 0.307 e. The van der Waals surface area contributed by atoms with Gasteiger partial charge >= 0.3 is 5.97 Å². The molecule has 2 fully saturated rings. The minimum Gasteiger partial charge on any atom is -0.481 e. The highest BCUT2D eigenvalue weighted by atomic mass is 32.2. The van der Waals surface area contributed by atoms with Gasteiger partial charge in [-0.15, -0.1) is 0 Å². The summed E-state index contributed by atoms with van der Waals surface area (Å²) >= 11 is 0. The van der Waals surface area contributed by atoms with E-state index in [4.69, 9.17) is 9.84 Å². The van der Waals surface area contributed by atoms with Gasteiger partial charge in [-0.3, -0.25) is 9.59 Å². The number of ether oxygens (including phenoxy) is 1. The molecule has 0 aromatic carbocycles. The van der Waals surface area contributed by atoms with Crippen molar-refractivity contribution in [3.05, 3.63) is 0 Å². The molecule has 0 aromatic rings. The average molecular weight is 275 g/mol. The molecule has 1 heterocycles. The third kappa shape index (κ3) is 2.89. The Morgan fingerprint density at radius 3 is 2.39 bits per heavy atom. The highest BCUT2D eigenvalue weighted by Crippen LogP contribution is 2.33. The van der Waals surface area contributed by atoms with Gasteiger partial charge in [0.05, 0.1) is 46.3 Å². The Balaban J connectivity index is 2.14. The molecular formula is C11H17NO5S. The van der Waals surface area contributed by atoms with Gasteiger partial charge in [0.1, 0.15) is 0 Å². The summed E-state index contributed by atoms with van der Waals surface area (Å²) in [5.74, 6) is -2.17. The van der Waals surface area contributed by atoms with E-state index in [0.29, 0.717) is 32.5 Å². The first-order chi connectivity index (χ1) is 8.52. The molecule has 2 atom stereocenters. The summed E-state index contributed by atoms with van der Waals surface area (Å²) in [6.07, 6.45) is 1.75. The number of carbonyl (C=O) groups excluding carboxylic acids is 1. The Labute approximate surface area is 106 Å². The second-order valence-electron chi connectivity index (χ2n) is 4.70. The van der Waals surface area contributed by atoms with E-state index in [-0.39, 0.29) is 11.5 Å². The predicted octanol–water partition coefficient (Wildman–Crippen LogP) is 0.512. The first-order valence-corrected chi connectivity index (χ1v) is 7.94. The molecular weight excluding hydrogens is 258 g/mol. The monoisotopic (exact) mass is 275 g/mol. The average Bonchev–Trinajstić information content (AvgIpc) is 2.78. The van der Waals surface area contributed by atoms with Crippen LogP contribution in [0.5, 0.6) is 0 Å². The van der Waals surface area contributed by atoms with Crippen LogP contribution in [0.2, 0.25) is 0 Å². The first-order valence-electron chi connectivity index (χ1n) is 6.09. The molecule has 2 aliphatic rings. The van der Waals surface area contributed by atoms with Crippen LogP contribution < -0.4 is 0 Å². The quantitative estimate of drug-likeness (QED) is 0.792. The maximum absolute atomic E-state index is 12.2. The minimum atomic E-state index is -2.52. The van der Waals surface area contributed by atoms with Crippen LogP contribution in [0, 0.1) is 11.8 Å². The van der Waals surface area contributed by atoms with Gasteiger partial charge in [0.2, 0.25) is 0 Å². The van der Waals surface area contributed by atoms with Crippen LogP contribution in [0.1, 0.15) is 19.3 Å². The molecule has 0 aromatic heterocycles. The van der Waals surface area contributed by atoms with E-state index in [1.165, 1.54) is 0 Å². The topological polar surface area (TPSA) is 93.0 Å². The van der Waals surface area contributed by atoms with Crippen LogP contribution >= 0.6 is 0 Å². The number of aliphatic carboxylic acids is 1. The van der Waals surface area contributed by atoms with E-state index in [2.05, 4.69) is 4.36 Å². The van der Waals surface area contributed by atoms with Crippen LogP contribution in [0.25, 0.3) is 0 Å². The molecule has 1 N–H and O–H groups in total. The molecule has 1 aliphatic heterocycles. The fourth-order valence-electron chi connectivity index (χ4n) is 2.46. The van der Waals surface area contributed by atoms with Gasteiger partial charge in [-0.1, -0.05) is 6.42 Å². The van der Waals surface area contributed by atoms with E-state index in [1.807, 2.05) is 0 Å². The van der Waals surface area contributed by atoms with Crippen molar-refractivity contribution in [3.8, 4) is 0 Å². The number of hydrogen-bond donors (Lipinski definition) is 1. The number of hydrogen-bond acceptors (Lipinski definition) is 4. The van der Waals surface area contributed by atoms with Crippen LogP contribution in [0.4, 0.5) is 0 Å². The van der Waals surface area contributed by atoms with Crippen molar-refractivity contribution >= 4 is 21.6 Å². The van der Waals surface area contributed by atoms with Crippen molar-refractivity contribution in [1.29, 1.82) is 0 Å². The molecule has 1 amide bonds. The van der Waals surface area contributed by atoms with Crippen LogP contribution in [-0.2, 0) is 24.1 Å². The van der Waals surface area contributed by atoms with Gasteiger partial charge in [-0.2, -0.15) is 4.36 Å². The molecule has 1 saturated heterocycles. The second kappa shape index (κ2) is 5.36. The number of carboxylic acids is 1. The zero-order valence-electron chi connectivity index (χ0n) is 10.0. The molecule has 1 saturated carbocycles. The summed E-state index contributed by atoms with van der Waals surface area (Å²) in [6, 6.07) is 0. The Hall–Kier alpha value is -0.950. The molecule has 7 heteroatoms. The highest BCUT2D eigenvalue weighted by molar-refractivity contribution is 7.93. The molecule has 0 radical (unpaired) electrons. The lowest BCUT2D eigenvalue weighted by Gasteiger charge is -2.17. The van der Waals surface area contributed by atoms with Gasteiger partial charge < -0.3 is 9.84 Å². The fraction of sp³-hybridized carbons (Fsp3) is 0.818. The number of amides is 1. The molecule has 18 heavy (non-hydrogen) atoms. The van der Waals surface area contributed by atoms with E-state index in [9.17, 15) is 13.8 Å². The van der Waals surface area contributed by atoms with E-state index in [0.717, 1.165) is 0 Å². The van der Waals surface area contributed by atoms with Gasteiger partial charge in [-0.05, 0) is 12.8 Å². The lowest BCUT2D eigenvalue weighted by Crippen LogP contribution is -2.29. The lowest BCUT2D eigenvalue weighted by molar-refractivity contribution is -0.145. The smallest absolute Gasteiger partial charge is 0.307 e. The van der Waals surface area contributed by atoms with Crippen molar-refractivity contribution in [2.75, 3.05) is 24.7 Å². The third-order valence-electron chi connectivity index (χ3n) is 3.50. The van der Waals surface area contributed by atoms with E-state index >= 15 is 0 Å². The van der Waals surface area contributed by atoms with Crippen LogP contribution in [0.3, 0.4) is 0 Å². The zero-order chi connectivity index (χ0) is 13.2. The fourth-order valence-corrected chi connectivity index (χ4v) is 4.06. The second-order valence-corrected chi connectivity index (χ2v) is 7.25. The van der Waals surface area contributed by atoms with Crippen molar-refractivity contribution in [1.82, 2.24) is 0 Å². The largest absolute Gasteiger partial charge is 0.481 e. The number of carboxylic acid groups (broad SMARTS) is 1. The summed E-state index contributed by atoms with van der Waals surface area (Å²) in [6.45, 7) is 0.700. The SMILES string of the molecule is O=C(O)C1CCCC1C(=O)N=S1(=O)CCOCC1. The molecule has 102 valence electrons. The summed E-state index contributed by atoms with van der Waals surface area (Å²) < 4.78 is 21.1. The maximum atomic E-state index is 12.2. The third-order valence-corrected chi connectivity index (χ3v) is 5.62. The first kappa shape index (κ1) is 13.5. The minimum absolute atomic E-state index is 0.267. The van der Waals surface area contributed by atoms with Crippen molar-refractivity contribution in [3.63, 3.8) is 0 Å². The van der Waals surface area contributed by atoms with Crippen molar-refractivity contribution < 1.29 is 23.6 Å². The molecule has 2 unspecified atom stereocenters. The Morgan fingerprint density at radius 2 is 1.78 bits per heavy atom. The molecule has 1 aliphatic carbocycles. The zero-order valence-corrected chi connectivity index (χ0v) is 10.9. The molecule has 0 spiro atoms. The van der Waals surface area contributed by atoms with Crippen molar-refractivity contribution in [2.45, 2.75) is 19.3 Å². The summed E-state index contributed by atoms with van der Waals surface area (Å²) in [4.78, 5) is 23.0. The molecule has 0 bridgehead atoms. The number of nitrogens with zero attached hydrogens (tertiary/aromatic N) is 1.